The second-order valence-corrected chi connectivity index (χ2v) is 4.45. The van der Waals surface area contributed by atoms with Crippen LogP contribution >= 0.6 is 15.9 Å². The van der Waals surface area contributed by atoms with E-state index in [2.05, 4.69) is 31.2 Å². The molecule has 1 aromatic heterocycles. The van der Waals surface area contributed by atoms with Crippen LogP contribution in [-0.4, -0.2) is 36.3 Å². The molecule has 1 aliphatic heterocycles. The molecule has 0 bridgehead atoms. The van der Waals surface area contributed by atoms with Gasteiger partial charge in [-0.25, -0.2) is 4.98 Å². The number of hydrogen-bond donors (Lipinski definition) is 1. The number of ether oxygens (including phenoxy) is 2. The van der Waals surface area contributed by atoms with Crippen molar-refractivity contribution < 1.29 is 9.47 Å². The van der Waals surface area contributed by atoms with Gasteiger partial charge in [0.2, 0.25) is 11.8 Å². The highest BCUT2D eigenvalue weighted by molar-refractivity contribution is 9.10. The molecule has 1 atom stereocenters. The minimum atomic E-state index is 0.297. The van der Waals surface area contributed by atoms with Crippen LogP contribution in [-0.2, 0) is 4.74 Å². The topological polar surface area (TPSA) is 56.3 Å². The van der Waals surface area contributed by atoms with Gasteiger partial charge in [0.25, 0.3) is 0 Å². The average molecular weight is 288 g/mol. The number of aromatic nitrogens is 2. The zero-order chi connectivity index (χ0) is 11.5. The highest BCUT2D eigenvalue weighted by Crippen LogP contribution is 2.26. The number of halogens is 1. The first-order chi connectivity index (χ1) is 7.70. The number of nitrogens with one attached hydrogen (secondary N) is 1. The van der Waals surface area contributed by atoms with Crippen molar-refractivity contribution in [3.63, 3.8) is 0 Å². The maximum atomic E-state index is 5.28. The minimum Gasteiger partial charge on any atom is -0.480 e. The fraction of sp³-hybridized carbons (Fsp3) is 0.600. The number of hydrogen-bond acceptors (Lipinski definition) is 5. The van der Waals surface area contributed by atoms with Crippen LogP contribution in [0.3, 0.4) is 0 Å². The minimum absolute atomic E-state index is 0.297. The third kappa shape index (κ3) is 2.44. The molecule has 0 spiro atoms. The van der Waals surface area contributed by atoms with E-state index in [1.54, 1.807) is 7.11 Å². The van der Waals surface area contributed by atoms with Crippen molar-refractivity contribution in [2.24, 2.45) is 0 Å². The SMILES string of the molecule is COc1nc(NC2CCOC2)nc(C)c1Br. The van der Waals surface area contributed by atoms with Gasteiger partial charge in [-0.1, -0.05) is 0 Å². The summed E-state index contributed by atoms with van der Waals surface area (Å²) in [7, 11) is 1.59. The molecule has 1 unspecified atom stereocenters. The molecule has 1 aromatic rings. The smallest absolute Gasteiger partial charge is 0.232 e. The molecule has 1 saturated heterocycles. The van der Waals surface area contributed by atoms with Gasteiger partial charge in [0, 0.05) is 6.61 Å². The third-order valence-corrected chi connectivity index (χ3v) is 3.36. The predicted molar refractivity (Wildman–Crippen MR) is 63.9 cm³/mol. The van der Waals surface area contributed by atoms with Gasteiger partial charge in [-0.3, -0.25) is 0 Å². The van der Waals surface area contributed by atoms with E-state index < -0.39 is 0 Å². The van der Waals surface area contributed by atoms with Crippen molar-refractivity contribution in [1.82, 2.24) is 9.97 Å². The van der Waals surface area contributed by atoms with E-state index >= 15 is 0 Å². The van der Waals surface area contributed by atoms with Crippen LogP contribution in [0.25, 0.3) is 0 Å². The quantitative estimate of drug-likeness (QED) is 0.918. The summed E-state index contributed by atoms with van der Waals surface area (Å²) in [5.74, 6) is 1.14. The predicted octanol–water partition coefficient (Wildman–Crippen LogP) is 1.76. The lowest BCUT2D eigenvalue weighted by atomic mass is 10.3. The Labute approximate surface area is 103 Å². The van der Waals surface area contributed by atoms with Crippen LogP contribution in [0.2, 0.25) is 0 Å². The van der Waals surface area contributed by atoms with E-state index in [9.17, 15) is 0 Å². The Morgan fingerprint density at radius 2 is 2.31 bits per heavy atom. The molecule has 2 heterocycles. The van der Waals surface area contributed by atoms with E-state index in [1.165, 1.54) is 0 Å². The van der Waals surface area contributed by atoms with Crippen LogP contribution in [0, 0.1) is 6.92 Å². The number of nitrogens with zero attached hydrogens (tertiary/aromatic N) is 2. The molecule has 0 aliphatic carbocycles. The van der Waals surface area contributed by atoms with E-state index in [1.807, 2.05) is 6.92 Å². The Hall–Kier alpha value is -0.880. The summed E-state index contributed by atoms with van der Waals surface area (Å²) in [6.45, 7) is 3.41. The van der Waals surface area contributed by atoms with Gasteiger partial charge in [0.1, 0.15) is 4.47 Å². The van der Waals surface area contributed by atoms with Crippen molar-refractivity contribution >= 4 is 21.9 Å². The molecule has 0 saturated carbocycles. The number of rotatable bonds is 3. The molecule has 1 fully saturated rings. The van der Waals surface area contributed by atoms with E-state index in [0.717, 1.165) is 23.2 Å². The highest BCUT2D eigenvalue weighted by atomic mass is 79.9. The Balaban J connectivity index is 2.17. The van der Waals surface area contributed by atoms with Gasteiger partial charge < -0.3 is 14.8 Å². The maximum absolute atomic E-state index is 5.28. The van der Waals surface area contributed by atoms with Crippen molar-refractivity contribution in [2.45, 2.75) is 19.4 Å². The van der Waals surface area contributed by atoms with Gasteiger partial charge in [-0.2, -0.15) is 4.98 Å². The first-order valence-electron chi connectivity index (χ1n) is 5.13. The van der Waals surface area contributed by atoms with E-state index in [-0.39, 0.29) is 0 Å². The average Bonchev–Trinajstić information content (AvgIpc) is 2.76. The van der Waals surface area contributed by atoms with Gasteiger partial charge in [0.05, 0.1) is 25.5 Å². The number of aryl methyl sites for hydroxylation is 1. The first kappa shape index (κ1) is 11.6. The van der Waals surface area contributed by atoms with Gasteiger partial charge >= 0.3 is 0 Å². The van der Waals surface area contributed by atoms with Gasteiger partial charge in [-0.05, 0) is 29.3 Å². The standard InChI is InChI=1S/C10H14BrN3O2/c1-6-8(11)9(15-2)14-10(12-6)13-7-3-4-16-5-7/h7H,3-5H2,1-2H3,(H,12,13,14). The summed E-state index contributed by atoms with van der Waals surface area (Å²) in [4.78, 5) is 8.61. The van der Waals surface area contributed by atoms with Crippen molar-refractivity contribution in [1.29, 1.82) is 0 Å². The fourth-order valence-electron chi connectivity index (χ4n) is 1.56. The molecule has 1 aliphatic rings. The summed E-state index contributed by atoms with van der Waals surface area (Å²) < 4.78 is 11.2. The van der Waals surface area contributed by atoms with E-state index in [0.29, 0.717) is 24.5 Å². The Kier molecular flexibility index (Phi) is 3.60. The molecule has 5 nitrogen and oxygen atoms in total. The zero-order valence-corrected chi connectivity index (χ0v) is 10.9. The zero-order valence-electron chi connectivity index (χ0n) is 9.29. The van der Waals surface area contributed by atoms with Crippen LogP contribution < -0.4 is 10.1 Å². The van der Waals surface area contributed by atoms with Crippen LogP contribution in [0.1, 0.15) is 12.1 Å². The lowest BCUT2D eigenvalue weighted by Gasteiger charge is -2.12. The lowest BCUT2D eigenvalue weighted by Crippen LogP contribution is -2.21. The first-order valence-corrected chi connectivity index (χ1v) is 5.92. The number of anilines is 1. The summed E-state index contributed by atoms with van der Waals surface area (Å²) in [6, 6.07) is 0.297. The van der Waals surface area contributed by atoms with E-state index in [4.69, 9.17) is 9.47 Å². The van der Waals surface area contributed by atoms with Crippen molar-refractivity contribution in [3.8, 4) is 5.88 Å². The van der Waals surface area contributed by atoms with Crippen LogP contribution in [0.4, 0.5) is 5.95 Å². The largest absolute Gasteiger partial charge is 0.480 e. The molecule has 0 radical (unpaired) electrons. The molecular formula is C10H14BrN3O2. The Morgan fingerprint density at radius 3 is 2.94 bits per heavy atom. The molecule has 0 aromatic carbocycles. The van der Waals surface area contributed by atoms with Crippen molar-refractivity contribution in [2.75, 3.05) is 25.6 Å². The Morgan fingerprint density at radius 1 is 1.50 bits per heavy atom. The molecule has 1 N–H and O–H groups in total. The Bertz CT molecular complexity index is 381. The second kappa shape index (κ2) is 4.97. The van der Waals surface area contributed by atoms with Crippen LogP contribution in [0.5, 0.6) is 5.88 Å². The summed E-state index contributed by atoms with van der Waals surface area (Å²) >= 11 is 3.38. The van der Waals surface area contributed by atoms with Gasteiger partial charge in [-0.15, -0.1) is 0 Å². The molecule has 0 amide bonds. The lowest BCUT2D eigenvalue weighted by molar-refractivity contribution is 0.195. The molecule has 16 heavy (non-hydrogen) atoms. The van der Waals surface area contributed by atoms with Crippen LogP contribution in [0.15, 0.2) is 4.47 Å². The monoisotopic (exact) mass is 287 g/mol. The highest BCUT2D eigenvalue weighted by Gasteiger charge is 2.17. The molecular weight excluding hydrogens is 274 g/mol. The molecule has 6 heteroatoms. The maximum Gasteiger partial charge on any atom is 0.232 e. The number of methoxy groups -OCH3 is 1. The summed E-state index contributed by atoms with van der Waals surface area (Å²) in [6.07, 6.45) is 0.987. The third-order valence-electron chi connectivity index (χ3n) is 2.44. The fourth-order valence-corrected chi connectivity index (χ4v) is 1.90. The van der Waals surface area contributed by atoms with Gasteiger partial charge in [0.15, 0.2) is 0 Å². The summed E-state index contributed by atoms with van der Waals surface area (Å²) in [5.41, 5.74) is 0.855. The molecule has 2 rings (SSSR count). The molecule has 88 valence electrons. The second-order valence-electron chi connectivity index (χ2n) is 3.66. The summed E-state index contributed by atoms with van der Waals surface area (Å²) in [5, 5.41) is 3.24. The normalized spacial score (nSPS) is 19.8. The van der Waals surface area contributed by atoms with Crippen molar-refractivity contribution in [3.05, 3.63) is 10.2 Å².